The minimum Gasteiger partial charge on any atom is -0.460 e. The summed E-state index contributed by atoms with van der Waals surface area (Å²) in [6, 6.07) is 2.98. The Balaban J connectivity index is 2.74. The maximum Gasteiger partial charge on any atom is 0.374 e. The molecule has 1 aromatic rings. The Hall–Kier alpha value is -1.58. The van der Waals surface area contributed by atoms with Gasteiger partial charge in [-0.1, -0.05) is 20.8 Å². The van der Waals surface area contributed by atoms with Gasteiger partial charge in [0.15, 0.2) is 11.5 Å². The van der Waals surface area contributed by atoms with E-state index >= 15 is 0 Å². The molecular weight excluding hydrogens is 220 g/mol. The normalized spacial score (nSPS) is 11.3. The number of carbonyl (C=O) groups is 2. The molecule has 0 aliphatic rings. The van der Waals surface area contributed by atoms with Crippen molar-refractivity contribution in [2.45, 2.75) is 34.1 Å². The van der Waals surface area contributed by atoms with Gasteiger partial charge in [-0.25, -0.2) is 4.79 Å². The molecule has 0 bridgehead atoms. The van der Waals surface area contributed by atoms with Crippen LogP contribution in [0, 0.1) is 5.41 Å². The van der Waals surface area contributed by atoms with E-state index in [1.165, 1.54) is 12.1 Å². The Morgan fingerprint density at radius 3 is 2.35 bits per heavy atom. The highest BCUT2D eigenvalue weighted by Crippen LogP contribution is 2.22. The smallest absolute Gasteiger partial charge is 0.374 e. The molecule has 0 atom stereocenters. The molecule has 17 heavy (non-hydrogen) atoms. The number of ketones is 1. The average molecular weight is 238 g/mol. The van der Waals surface area contributed by atoms with Gasteiger partial charge in [0.1, 0.15) is 0 Å². The lowest BCUT2D eigenvalue weighted by molar-refractivity contribution is 0.0488. The van der Waals surface area contributed by atoms with E-state index in [0.29, 0.717) is 6.42 Å². The van der Waals surface area contributed by atoms with E-state index in [9.17, 15) is 9.59 Å². The molecule has 0 aliphatic heterocycles. The first-order valence-corrected chi connectivity index (χ1v) is 5.63. The zero-order valence-corrected chi connectivity index (χ0v) is 10.7. The summed E-state index contributed by atoms with van der Waals surface area (Å²) in [7, 11) is 0. The van der Waals surface area contributed by atoms with Gasteiger partial charge in [-0.2, -0.15) is 0 Å². The number of hydrogen-bond donors (Lipinski definition) is 0. The van der Waals surface area contributed by atoms with E-state index in [2.05, 4.69) is 0 Å². The minimum absolute atomic E-state index is 0.0732. The molecule has 1 heterocycles. The zero-order chi connectivity index (χ0) is 13.1. The van der Waals surface area contributed by atoms with Gasteiger partial charge in [0.25, 0.3) is 0 Å². The van der Waals surface area contributed by atoms with Crippen molar-refractivity contribution < 1.29 is 18.7 Å². The second-order valence-electron chi connectivity index (χ2n) is 5.04. The molecule has 0 unspecified atom stereocenters. The summed E-state index contributed by atoms with van der Waals surface area (Å²) >= 11 is 0. The topological polar surface area (TPSA) is 56.5 Å². The maximum absolute atomic E-state index is 11.8. The van der Waals surface area contributed by atoms with Gasteiger partial charge >= 0.3 is 5.97 Å². The Labute approximate surface area is 101 Å². The number of ether oxygens (including phenoxy) is 1. The first kappa shape index (κ1) is 13.5. The molecule has 0 spiro atoms. The summed E-state index contributed by atoms with van der Waals surface area (Å²) in [4.78, 5) is 23.1. The summed E-state index contributed by atoms with van der Waals surface area (Å²) in [5.74, 6) is -0.359. The third-order valence-electron chi connectivity index (χ3n) is 2.05. The van der Waals surface area contributed by atoms with Crippen LogP contribution in [0.2, 0.25) is 0 Å². The highest BCUT2D eigenvalue weighted by molar-refractivity contribution is 5.95. The largest absolute Gasteiger partial charge is 0.460 e. The number of hydrogen-bond acceptors (Lipinski definition) is 4. The molecule has 0 saturated heterocycles. The Kier molecular flexibility index (Phi) is 4.10. The Bertz CT molecular complexity index is 409. The van der Waals surface area contributed by atoms with Crippen molar-refractivity contribution in [2.24, 2.45) is 5.41 Å². The summed E-state index contributed by atoms with van der Waals surface area (Å²) < 4.78 is 9.96. The molecular formula is C13H18O4. The van der Waals surface area contributed by atoms with Crippen LogP contribution in [0.3, 0.4) is 0 Å². The standard InChI is InChI=1S/C13H18O4/c1-5-16-12(15)11-7-6-10(17-11)9(14)8-13(2,3)4/h6-7H,5,8H2,1-4H3. The number of esters is 1. The van der Waals surface area contributed by atoms with E-state index in [0.717, 1.165) is 0 Å². The van der Waals surface area contributed by atoms with Crippen LogP contribution in [0.4, 0.5) is 0 Å². The predicted molar refractivity (Wildman–Crippen MR) is 63.1 cm³/mol. The second-order valence-corrected chi connectivity index (χ2v) is 5.04. The fraction of sp³-hybridized carbons (Fsp3) is 0.538. The van der Waals surface area contributed by atoms with E-state index in [4.69, 9.17) is 9.15 Å². The zero-order valence-electron chi connectivity index (χ0n) is 10.7. The lowest BCUT2D eigenvalue weighted by atomic mass is 9.89. The number of furan rings is 1. The average Bonchev–Trinajstić information content (AvgIpc) is 2.63. The van der Waals surface area contributed by atoms with Gasteiger partial charge < -0.3 is 9.15 Å². The van der Waals surface area contributed by atoms with Crippen LogP contribution in [-0.2, 0) is 4.74 Å². The molecule has 0 aromatic carbocycles. The maximum atomic E-state index is 11.8. The van der Waals surface area contributed by atoms with Crippen molar-refractivity contribution in [3.63, 3.8) is 0 Å². The van der Waals surface area contributed by atoms with Crippen LogP contribution >= 0.6 is 0 Å². The fourth-order valence-electron chi connectivity index (χ4n) is 1.37. The Morgan fingerprint density at radius 1 is 1.24 bits per heavy atom. The van der Waals surface area contributed by atoms with Crippen LogP contribution in [0.15, 0.2) is 16.5 Å². The minimum atomic E-state index is -0.540. The van der Waals surface area contributed by atoms with Gasteiger partial charge in [0.2, 0.25) is 5.76 Å². The molecule has 0 fully saturated rings. The van der Waals surface area contributed by atoms with Crippen LogP contribution < -0.4 is 0 Å². The summed E-state index contributed by atoms with van der Waals surface area (Å²) in [6.45, 7) is 7.91. The van der Waals surface area contributed by atoms with Crippen LogP contribution in [-0.4, -0.2) is 18.4 Å². The van der Waals surface area contributed by atoms with Crippen LogP contribution in [0.5, 0.6) is 0 Å². The third kappa shape index (κ3) is 4.06. The highest BCUT2D eigenvalue weighted by Gasteiger charge is 2.21. The first-order valence-electron chi connectivity index (χ1n) is 5.63. The van der Waals surface area contributed by atoms with Crippen molar-refractivity contribution in [3.05, 3.63) is 23.7 Å². The van der Waals surface area contributed by atoms with Gasteiger partial charge in [-0.15, -0.1) is 0 Å². The lowest BCUT2D eigenvalue weighted by Gasteiger charge is -2.15. The van der Waals surface area contributed by atoms with Crippen molar-refractivity contribution in [3.8, 4) is 0 Å². The molecule has 0 amide bonds. The first-order chi connectivity index (χ1) is 7.83. The quantitative estimate of drug-likeness (QED) is 0.597. The third-order valence-corrected chi connectivity index (χ3v) is 2.05. The van der Waals surface area contributed by atoms with Crippen LogP contribution in [0.1, 0.15) is 55.2 Å². The van der Waals surface area contributed by atoms with E-state index in [1.54, 1.807) is 6.92 Å². The van der Waals surface area contributed by atoms with E-state index in [-0.39, 0.29) is 29.3 Å². The van der Waals surface area contributed by atoms with Crippen molar-refractivity contribution >= 4 is 11.8 Å². The van der Waals surface area contributed by atoms with Gasteiger partial charge in [-0.3, -0.25) is 4.79 Å². The SMILES string of the molecule is CCOC(=O)c1ccc(C(=O)CC(C)(C)C)o1. The molecule has 1 rings (SSSR count). The van der Waals surface area contributed by atoms with Crippen LogP contribution in [0.25, 0.3) is 0 Å². The van der Waals surface area contributed by atoms with Gasteiger partial charge in [0.05, 0.1) is 6.61 Å². The second kappa shape index (κ2) is 5.17. The number of carbonyl (C=O) groups excluding carboxylic acids is 2. The monoisotopic (exact) mass is 238 g/mol. The molecule has 1 aromatic heterocycles. The fourth-order valence-corrected chi connectivity index (χ4v) is 1.37. The molecule has 0 aliphatic carbocycles. The number of Topliss-reactive ketones (excluding diaryl/α,β-unsaturated/α-hetero) is 1. The summed E-state index contributed by atoms with van der Waals surface area (Å²) in [5, 5.41) is 0. The highest BCUT2D eigenvalue weighted by atomic mass is 16.5. The van der Waals surface area contributed by atoms with Gasteiger partial charge in [-0.05, 0) is 24.5 Å². The molecule has 0 N–H and O–H groups in total. The lowest BCUT2D eigenvalue weighted by Crippen LogP contribution is -2.12. The molecule has 0 radical (unpaired) electrons. The van der Waals surface area contributed by atoms with Crippen molar-refractivity contribution in [1.82, 2.24) is 0 Å². The summed E-state index contributed by atoms with van der Waals surface area (Å²) in [6.07, 6.45) is 0.378. The van der Waals surface area contributed by atoms with E-state index < -0.39 is 5.97 Å². The number of rotatable bonds is 4. The summed E-state index contributed by atoms with van der Waals surface area (Å²) in [5.41, 5.74) is -0.103. The van der Waals surface area contributed by atoms with Crippen molar-refractivity contribution in [2.75, 3.05) is 6.61 Å². The molecule has 4 heteroatoms. The molecule has 4 nitrogen and oxygen atoms in total. The predicted octanol–water partition coefficient (Wildman–Crippen LogP) is 3.08. The van der Waals surface area contributed by atoms with Gasteiger partial charge in [0, 0.05) is 6.42 Å². The van der Waals surface area contributed by atoms with E-state index in [1.807, 2.05) is 20.8 Å². The molecule has 0 saturated carbocycles. The molecule has 94 valence electrons. The van der Waals surface area contributed by atoms with Crippen molar-refractivity contribution in [1.29, 1.82) is 0 Å². The Morgan fingerprint density at radius 2 is 1.82 bits per heavy atom.